The zero-order chi connectivity index (χ0) is 23.6. The lowest BCUT2D eigenvalue weighted by atomic mass is 9.89. The van der Waals surface area contributed by atoms with Crippen molar-refractivity contribution >= 4 is 5.69 Å². The maximum absolute atomic E-state index is 10.4. The van der Waals surface area contributed by atoms with Gasteiger partial charge in [0.2, 0.25) is 0 Å². The second kappa shape index (κ2) is 9.82. The summed E-state index contributed by atoms with van der Waals surface area (Å²) in [6.07, 6.45) is -2.04. The highest BCUT2D eigenvalue weighted by molar-refractivity contribution is 5.51. The van der Waals surface area contributed by atoms with Gasteiger partial charge in [0.15, 0.2) is 0 Å². The molecule has 0 radical (unpaired) electrons. The Morgan fingerprint density at radius 2 is 1.67 bits per heavy atom. The first-order valence-corrected chi connectivity index (χ1v) is 11.3. The number of hydrogen-bond acceptors (Lipinski definition) is 7. The zero-order valence-electron chi connectivity index (χ0n) is 18.4. The van der Waals surface area contributed by atoms with Crippen LogP contribution in [0.25, 0.3) is 0 Å². The van der Waals surface area contributed by atoms with Crippen LogP contribution >= 0.6 is 0 Å². The summed E-state index contributed by atoms with van der Waals surface area (Å²) in [5, 5.41) is 50.4. The molecule has 1 aliphatic carbocycles. The topological polar surface area (TPSA) is 136 Å². The van der Waals surface area contributed by atoms with E-state index in [0.29, 0.717) is 17.7 Å². The normalized spacial score (nSPS) is 28.8. The van der Waals surface area contributed by atoms with Crippen LogP contribution in [0.5, 0.6) is 0 Å². The Balaban J connectivity index is 1.50. The van der Waals surface area contributed by atoms with E-state index in [1.54, 1.807) is 12.1 Å². The Kier molecular flexibility index (Phi) is 7.05. The van der Waals surface area contributed by atoms with E-state index in [2.05, 4.69) is 11.8 Å². The summed E-state index contributed by atoms with van der Waals surface area (Å²) in [5.41, 5.74) is 9.17. The molecule has 1 aliphatic heterocycles. The van der Waals surface area contributed by atoms with E-state index in [4.69, 9.17) is 10.5 Å². The van der Waals surface area contributed by atoms with Crippen LogP contribution in [0.1, 0.15) is 54.0 Å². The molecule has 2 aliphatic rings. The van der Waals surface area contributed by atoms with Crippen LogP contribution in [-0.4, -0.2) is 62.2 Å². The Bertz CT molecular complexity index is 1020. The molecule has 7 N–H and O–H groups in total. The van der Waals surface area contributed by atoms with E-state index in [1.807, 2.05) is 30.3 Å². The smallest absolute Gasteiger partial charge is 0.125 e. The first-order valence-electron chi connectivity index (χ1n) is 11.3. The van der Waals surface area contributed by atoms with Gasteiger partial charge in [-0.3, -0.25) is 0 Å². The average molecular weight is 454 g/mol. The average Bonchev–Trinajstić information content (AvgIpc) is 3.25. The van der Waals surface area contributed by atoms with Crippen molar-refractivity contribution in [2.24, 2.45) is 0 Å². The third kappa shape index (κ3) is 5.22. The molecular formula is C26H31NO6. The SMILES string of the molecule is Nc1ccc([C@@H]2O[C@H](CO)[C@@H](O)C(O)[C@H]2O)cc1Cc1ccc(C#CC2(O)CCCC2)cc1. The molecule has 7 heteroatoms. The second-order valence-electron chi connectivity index (χ2n) is 9.07. The quantitative estimate of drug-likeness (QED) is 0.301. The fourth-order valence-electron chi connectivity index (χ4n) is 4.53. The van der Waals surface area contributed by atoms with Gasteiger partial charge in [-0.1, -0.05) is 36.1 Å². The minimum atomic E-state index is -1.43. The summed E-state index contributed by atoms with van der Waals surface area (Å²) in [5.74, 6) is 6.08. The van der Waals surface area contributed by atoms with Crippen LogP contribution in [0, 0.1) is 11.8 Å². The Morgan fingerprint density at radius 1 is 0.970 bits per heavy atom. The van der Waals surface area contributed by atoms with E-state index < -0.39 is 42.7 Å². The molecule has 33 heavy (non-hydrogen) atoms. The first-order chi connectivity index (χ1) is 15.8. The number of nitrogen functional groups attached to an aromatic ring is 1. The Hall–Kier alpha value is -2.44. The van der Waals surface area contributed by atoms with Gasteiger partial charge in [0.1, 0.15) is 36.1 Å². The summed E-state index contributed by atoms with van der Waals surface area (Å²) in [6.45, 7) is -0.476. The van der Waals surface area contributed by atoms with Crippen LogP contribution in [0.2, 0.25) is 0 Å². The van der Waals surface area contributed by atoms with Gasteiger partial charge in [-0.15, -0.1) is 0 Å². The fourth-order valence-corrected chi connectivity index (χ4v) is 4.53. The Morgan fingerprint density at radius 3 is 2.33 bits per heavy atom. The largest absolute Gasteiger partial charge is 0.398 e. The van der Waals surface area contributed by atoms with Gasteiger partial charge in [-0.25, -0.2) is 0 Å². The van der Waals surface area contributed by atoms with Crippen molar-refractivity contribution in [3.05, 3.63) is 64.7 Å². The van der Waals surface area contributed by atoms with Crippen LogP contribution in [0.3, 0.4) is 0 Å². The van der Waals surface area contributed by atoms with Gasteiger partial charge >= 0.3 is 0 Å². The molecule has 1 saturated carbocycles. The molecule has 0 amide bonds. The lowest BCUT2D eigenvalue weighted by Gasteiger charge is -2.40. The highest BCUT2D eigenvalue weighted by Crippen LogP contribution is 2.34. The molecule has 1 saturated heterocycles. The van der Waals surface area contributed by atoms with Gasteiger partial charge in [-0.05, 0) is 67.0 Å². The molecule has 1 unspecified atom stereocenters. The summed E-state index contributed by atoms with van der Waals surface area (Å²) < 4.78 is 5.67. The van der Waals surface area contributed by atoms with E-state index in [-0.39, 0.29) is 0 Å². The zero-order valence-corrected chi connectivity index (χ0v) is 18.4. The molecule has 1 heterocycles. The predicted molar refractivity (Wildman–Crippen MR) is 123 cm³/mol. The molecule has 0 spiro atoms. The van der Waals surface area contributed by atoms with Gasteiger partial charge in [0.05, 0.1) is 6.61 Å². The van der Waals surface area contributed by atoms with E-state index in [0.717, 1.165) is 42.4 Å². The Labute approximate surface area is 193 Å². The lowest BCUT2D eigenvalue weighted by molar-refractivity contribution is -0.231. The van der Waals surface area contributed by atoms with Crippen molar-refractivity contribution in [3.8, 4) is 11.8 Å². The lowest BCUT2D eigenvalue weighted by Crippen LogP contribution is -2.55. The first kappa shape index (κ1) is 23.7. The van der Waals surface area contributed by atoms with Crippen LogP contribution in [0.15, 0.2) is 42.5 Å². The summed E-state index contributed by atoms with van der Waals surface area (Å²) in [7, 11) is 0. The predicted octanol–water partition coefficient (Wildman–Crippen LogP) is 1.03. The van der Waals surface area contributed by atoms with Crippen LogP contribution in [0.4, 0.5) is 5.69 Å². The maximum Gasteiger partial charge on any atom is 0.125 e. The van der Waals surface area contributed by atoms with Crippen molar-refractivity contribution in [2.75, 3.05) is 12.3 Å². The molecule has 0 bridgehead atoms. The third-order valence-corrected chi connectivity index (χ3v) is 6.61. The number of nitrogens with two attached hydrogens (primary N) is 1. The van der Waals surface area contributed by atoms with Crippen molar-refractivity contribution in [3.63, 3.8) is 0 Å². The van der Waals surface area contributed by atoms with Crippen LogP contribution < -0.4 is 5.73 Å². The fraction of sp³-hybridized carbons (Fsp3) is 0.462. The van der Waals surface area contributed by atoms with Crippen LogP contribution in [-0.2, 0) is 11.2 Å². The summed E-state index contributed by atoms with van der Waals surface area (Å²) in [4.78, 5) is 0. The standard InChI is InChI=1S/C26H31NO6/c27-20-8-7-18(25-24(31)23(30)22(29)21(15-28)33-25)14-19(20)13-17-5-3-16(4-6-17)9-12-26(32)10-1-2-11-26/h3-8,14,21-25,28-32H,1-2,10-11,13,15,27H2/t21-,22-,23?,24-,25+/m1/s1. The van der Waals surface area contributed by atoms with Crippen molar-refractivity contribution in [1.29, 1.82) is 0 Å². The number of aliphatic hydroxyl groups excluding tert-OH is 4. The van der Waals surface area contributed by atoms with Crippen molar-refractivity contribution in [1.82, 2.24) is 0 Å². The van der Waals surface area contributed by atoms with Crippen molar-refractivity contribution in [2.45, 2.75) is 68.2 Å². The number of hydrogen-bond donors (Lipinski definition) is 6. The molecule has 176 valence electrons. The number of aliphatic hydroxyl groups is 5. The molecule has 5 atom stereocenters. The minimum Gasteiger partial charge on any atom is -0.398 e. The third-order valence-electron chi connectivity index (χ3n) is 6.61. The van der Waals surface area contributed by atoms with Gasteiger partial charge in [0.25, 0.3) is 0 Å². The summed E-state index contributed by atoms with van der Waals surface area (Å²) >= 11 is 0. The van der Waals surface area contributed by atoms with Gasteiger partial charge < -0.3 is 36.0 Å². The highest BCUT2D eigenvalue weighted by atomic mass is 16.5. The van der Waals surface area contributed by atoms with Crippen molar-refractivity contribution < 1.29 is 30.3 Å². The maximum atomic E-state index is 10.4. The minimum absolute atomic E-state index is 0.476. The molecular weight excluding hydrogens is 422 g/mol. The monoisotopic (exact) mass is 453 g/mol. The number of benzene rings is 2. The summed E-state index contributed by atoms with van der Waals surface area (Å²) in [6, 6.07) is 13.0. The van der Waals surface area contributed by atoms with Gasteiger partial charge in [0, 0.05) is 11.3 Å². The molecule has 2 aromatic carbocycles. The number of anilines is 1. The second-order valence-corrected chi connectivity index (χ2v) is 9.07. The highest BCUT2D eigenvalue weighted by Gasteiger charge is 2.44. The number of ether oxygens (including phenoxy) is 1. The number of rotatable bonds is 4. The molecule has 0 aromatic heterocycles. The van der Waals surface area contributed by atoms with E-state index in [1.165, 1.54) is 0 Å². The molecule has 4 rings (SSSR count). The molecule has 2 fully saturated rings. The van der Waals surface area contributed by atoms with E-state index >= 15 is 0 Å². The molecule has 7 nitrogen and oxygen atoms in total. The van der Waals surface area contributed by atoms with Gasteiger partial charge in [-0.2, -0.15) is 0 Å². The molecule has 2 aromatic rings. The van der Waals surface area contributed by atoms with E-state index in [9.17, 15) is 25.5 Å².